The minimum absolute atomic E-state index is 0.0856. The molecule has 0 bridgehead atoms. The first-order valence-electron chi connectivity index (χ1n) is 6.06. The van der Waals surface area contributed by atoms with Crippen molar-refractivity contribution in [1.29, 1.82) is 0 Å². The third-order valence-corrected chi connectivity index (χ3v) is 3.98. The van der Waals surface area contributed by atoms with Crippen molar-refractivity contribution in [3.8, 4) is 0 Å². The molecule has 0 amide bonds. The minimum atomic E-state index is -0.489. The van der Waals surface area contributed by atoms with Gasteiger partial charge in [0.2, 0.25) is 0 Å². The topological polar surface area (TPSA) is 0 Å². The van der Waals surface area contributed by atoms with Crippen LogP contribution in [0.15, 0.2) is 0 Å². The third-order valence-electron chi connectivity index (χ3n) is 3.98. The van der Waals surface area contributed by atoms with Crippen LogP contribution < -0.4 is 0 Å². The fourth-order valence-corrected chi connectivity index (χ4v) is 3.09. The van der Waals surface area contributed by atoms with E-state index in [1.165, 1.54) is 12.8 Å². The first kappa shape index (κ1) is 14.8. The monoisotopic (exact) mass is 191 g/mol. The van der Waals surface area contributed by atoms with Gasteiger partial charge in [-0.05, 0) is 0 Å². The Hall–Kier alpha value is 0.714. The highest BCUT2D eigenvalue weighted by Crippen LogP contribution is 2.31. The van der Waals surface area contributed by atoms with E-state index in [9.17, 15) is 0 Å². The van der Waals surface area contributed by atoms with Crippen LogP contribution in [0.4, 0.5) is 0 Å². The maximum Gasteiger partial charge on any atom is 0.0938 e. The van der Waals surface area contributed by atoms with Crippen molar-refractivity contribution in [2.24, 2.45) is 0 Å². The minimum Gasteiger partial charge on any atom is -0.0815 e. The van der Waals surface area contributed by atoms with Crippen LogP contribution in [0.1, 0.15) is 19.8 Å². The normalized spacial score (nSPS) is 19.3. The molecule has 0 aromatic carbocycles. The lowest BCUT2D eigenvalue weighted by Crippen LogP contribution is -2.68. The summed E-state index contributed by atoms with van der Waals surface area (Å²) in [6, 6.07) is 0. The average molecular weight is 189 g/mol. The zero-order valence-electron chi connectivity index (χ0n) is 10.0. The van der Waals surface area contributed by atoms with Gasteiger partial charge in [-0.3, -0.25) is 0 Å². The van der Waals surface area contributed by atoms with Gasteiger partial charge in [0, 0.05) is 71.3 Å². The molecule has 0 saturated carbocycles. The molecule has 63 valence electrons. The van der Waals surface area contributed by atoms with E-state index in [4.69, 9.17) is 38.7 Å². The average Bonchev–Trinajstić information content (AvgIpc) is 2.59. The number of hydrogen-bond acceptors (Lipinski definition) is 0. The highest BCUT2D eigenvalue weighted by molar-refractivity contribution is 8.03. The largest absolute Gasteiger partial charge is 0.0938 e. The van der Waals surface area contributed by atoms with E-state index in [1.54, 1.807) is 7.06 Å². The van der Waals surface area contributed by atoms with Crippen molar-refractivity contribution >= 4 is 77.9 Å². The van der Waals surface area contributed by atoms with Crippen LogP contribution in [-0.2, 0) is 0 Å². The quantitative estimate of drug-likeness (QED) is 0.435. The van der Waals surface area contributed by atoms with Crippen LogP contribution in [0, 0.1) is 0 Å². The summed E-state index contributed by atoms with van der Waals surface area (Å²) >= 11 is 0. The van der Waals surface area contributed by atoms with Crippen molar-refractivity contribution in [2.45, 2.75) is 31.9 Å². The Morgan fingerprint density at radius 2 is 1.81 bits per heavy atom. The van der Waals surface area contributed by atoms with Crippen LogP contribution in [-0.4, -0.2) is 77.9 Å². The maximum absolute atomic E-state index is 5.88. The summed E-state index contributed by atoms with van der Waals surface area (Å²) in [6.07, 6.45) is 2.68. The summed E-state index contributed by atoms with van der Waals surface area (Å²) in [5.74, 6) is 0.626. The zero-order valence-corrected chi connectivity index (χ0v) is 10.0. The van der Waals surface area contributed by atoms with E-state index < -0.39 is 12.8 Å². The van der Waals surface area contributed by atoms with E-state index >= 15 is 0 Å². The van der Waals surface area contributed by atoms with Crippen LogP contribution >= 0.6 is 0 Å². The van der Waals surface area contributed by atoms with Gasteiger partial charge in [-0.15, -0.1) is 0 Å². The summed E-state index contributed by atoms with van der Waals surface area (Å²) in [7, 11) is 30.5. The highest BCUT2D eigenvalue weighted by Gasteiger charge is 2.41. The molecule has 1 fully saturated rings. The first-order chi connectivity index (χ1) is 7.49. The summed E-state index contributed by atoms with van der Waals surface area (Å²) in [5.41, 5.74) is 0. The molecule has 0 spiro atoms. The summed E-state index contributed by atoms with van der Waals surface area (Å²) in [6.45, 7) is 2.72. The molecule has 1 heterocycles. The second kappa shape index (κ2) is 6.59. The van der Waals surface area contributed by atoms with Crippen LogP contribution in [0.25, 0.3) is 0 Å². The van der Waals surface area contributed by atoms with Gasteiger partial charge in [0.05, 0.1) is 6.60 Å². The third kappa shape index (κ3) is 3.36. The van der Waals surface area contributed by atoms with E-state index in [-0.39, 0.29) is 12.8 Å². The van der Waals surface area contributed by atoms with Crippen molar-refractivity contribution in [3.05, 3.63) is 0 Å². The van der Waals surface area contributed by atoms with Crippen molar-refractivity contribution in [1.82, 2.24) is 0 Å². The summed E-state index contributed by atoms with van der Waals surface area (Å²) in [5, 5.41) is 0. The van der Waals surface area contributed by atoms with E-state index in [1.807, 2.05) is 0 Å². The summed E-state index contributed by atoms with van der Waals surface area (Å²) < 4.78 is 0. The van der Waals surface area contributed by atoms with Crippen molar-refractivity contribution < 1.29 is 0 Å². The maximum atomic E-state index is 5.88. The highest BCUT2D eigenvalue weighted by atomic mass is 14.0. The molecule has 0 aromatic rings. The SMILES string of the molecule is [B][B]B(B([B])[B])B(B([B])[B])B1CCC[C@@H]1C. The van der Waals surface area contributed by atoms with E-state index in [0.29, 0.717) is 12.4 Å². The smallest absolute Gasteiger partial charge is 0.0815 e. The van der Waals surface area contributed by atoms with Gasteiger partial charge in [0.25, 0.3) is 0 Å². The zero-order chi connectivity index (χ0) is 12.3. The fourth-order valence-electron chi connectivity index (χ4n) is 3.09. The second-order valence-corrected chi connectivity index (χ2v) is 5.07. The predicted octanol–water partition coefficient (Wildman–Crippen LogP) is -2.10. The molecule has 0 unspecified atom stereocenters. The molecule has 0 aromatic heterocycles. The number of rotatable bonds is 5. The Morgan fingerprint density at radius 3 is 2.12 bits per heavy atom. The molecule has 11 radical (unpaired) electrons. The molecular formula is C5H10B11. The Bertz CT molecular complexity index is 205. The van der Waals surface area contributed by atoms with E-state index in [0.717, 1.165) is 6.32 Å². The lowest BCUT2D eigenvalue weighted by Gasteiger charge is -2.33. The van der Waals surface area contributed by atoms with Gasteiger partial charge in [0.15, 0.2) is 0 Å². The van der Waals surface area contributed by atoms with Gasteiger partial charge < -0.3 is 0 Å². The first-order valence-corrected chi connectivity index (χ1v) is 6.06. The van der Waals surface area contributed by atoms with Gasteiger partial charge in [-0.2, -0.15) is 0 Å². The molecular weight excluding hydrogens is 179 g/mol. The van der Waals surface area contributed by atoms with Crippen LogP contribution in [0.5, 0.6) is 0 Å². The molecule has 1 saturated heterocycles. The Labute approximate surface area is 110 Å². The molecule has 11 heteroatoms. The van der Waals surface area contributed by atoms with Gasteiger partial charge >= 0.3 is 0 Å². The van der Waals surface area contributed by atoms with Gasteiger partial charge in [-0.1, -0.05) is 31.9 Å². The standard InChI is InChI=1S/C5H10B11/c1-5-3-2-4-12(5)16(14(9)10)15(11-6)13(7)8/h5H,2-4H2,1H3/t5-/m0/s1. The fraction of sp³-hybridized carbons (Fsp3) is 1.00. The Balaban J connectivity index is 2.80. The predicted molar refractivity (Wildman–Crippen MR) is 86.8 cm³/mol. The van der Waals surface area contributed by atoms with Crippen LogP contribution in [0.3, 0.4) is 0 Å². The molecule has 1 atom stereocenters. The number of hydrogen-bond donors (Lipinski definition) is 0. The lowest BCUT2D eigenvalue weighted by atomic mass is 8.53. The van der Waals surface area contributed by atoms with Gasteiger partial charge in [-0.25, -0.2) is 0 Å². The molecule has 0 aliphatic carbocycles. The molecule has 16 heavy (non-hydrogen) atoms. The van der Waals surface area contributed by atoms with E-state index in [2.05, 4.69) is 6.92 Å². The van der Waals surface area contributed by atoms with Crippen molar-refractivity contribution in [2.75, 3.05) is 0 Å². The molecule has 0 nitrogen and oxygen atoms in total. The molecule has 1 rings (SSSR count). The summed E-state index contributed by atoms with van der Waals surface area (Å²) in [4.78, 5) is 0. The second-order valence-electron chi connectivity index (χ2n) is 5.07. The Kier molecular flexibility index (Phi) is 6.09. The van der Waals surface area contributed by atoms with Gasteiger partial charge in [0.1, 0.15) is 0 Å². The molecule has 1 aliphatic rings. The molecule has 1 aliphatic heterocycles. The Morgan fingerprint density at radius 1 is 1.19 bits per heavy atom. The molecule has 0 N–H and O–H groups in total. The van der Waals surface area contributed by atoms with Crippen LogP contribution in [0.2, 0.25) is 12.1 Å². The van der Waals surface area contributed by atoms with Crippen molar-refractivity contribution in [3.63, 3.8) is 0 Å². The lowest BCUT2D eigenvalue weighted by molar-refractivity contribution is 0.820.